The highest BCUT2D eigenvalue weighted by atomic mass is 79.9. The van der Waals surface area contributed by atoms with Crippen LogP contribution in [0.25, 0.3) is 0 Å². The van der Waals surface area contributed by atoms with E-state index < -0.39 is 0 Å². The molecule has 2 aromatic carbocycles. The quantitative estimate of drug-likeness (QED) is 0.798. The van der Waals surface area contributed by atoms with Gasteiger partial charge in [-0.05, 0) is 64.1 Å². The molecule has 2 rings (SSSR count). The van der Waals surface area contributed by atoms with Crippen LogP contribution in [0.3, 0.4) is 0 Å². The van der Waals surface area contributed by atoms with Crippen LogP contribution in [0.4, 0.5) is 4.39 Å². The highest BCUT2D eigenvalue weighted by Crippen LogP contribution is 2.31. The summed E-state index contributed by atoms with van der Waals surface area (Å²) in [6.07, 6.45) is 2.05. The van der Waals surface area contributed by atoms with Crippen molar-refractivity contribution in [2.45, 2.75) is 32.7 Å². The number of hydrogen-bond acceptors (Lipinski definition) is 1. The third kappa shape index (κ3) is 3.35. The Morgan fingerprint density at radius 3 is 2.43 bits per heavy atom. The van der Waals surface area contributed by atoms with Crippen molar-refractivity contribution in [3.05, 3.63) is 68.9 Å². The monoisotopic (exact) mass is 349 g/mol. The Morgan fingerprint density at radius 1 is 1.10 bits per heavy atom. The smallest absolute Gasteiger partial charge is 0.137 e. The molecule has 0 spiro atoms. The summed E-state index contributed by atoms with van der Waals surface area (Å²) in [7, 11) is 1.90. The van der Waals surface area contributed by atoms with E-state index in [0.29, 0.717) is 4.47 Å². The second-order valence-corrected chi connectivity index (χ2v) is 5.89. The van der Waals surface area contributed by atoms with E-state index in [4.69, 9.17) is 0 Å². The van der Waals surface area contributed by atoms with Gasteiger partial charge in [0.1, 0.15) is 5.82 Å². The predicted molar refractivity (Wildman–Crippen MR) is 90.2 cm³/mol. The van der Waals surface area contributed by atoms with Crippen LogP contribution in [0.15, 0.2) is 40.9 Å². The predicted octanol–water partition coefficient (Wildman–Crippen LogP) is 5.02. The third-order valence-electron chi connectivity index (χ3n) is 3.91. The molecule has 21 heavy (non-hydrogen) atoms. The van der Waals surface area contributed by atoms with Gasteiger partial charge in [-0.1, -0.05) is 44.2 Å². The molecular formula is C18H21BrFN. The summed E-state index contributed by atoms with van der Waals surface area (Å²) >= 11 is 3.37. The topological polar surface area (TPSA) is 12.0 Å². The van der Waals surface area contributed by atoms with Gasteiger partial charge in [0.2, 0.25) is 0 Å². The normalized spacial score (nSPS) is 12.4. The van der Waals surface area contributed by atoms with Gasteiger partial charge in [-0.3, -0.25) is 0 Å². The molecule has 3 heteroatoms. The lowest BCUT2D eigenvalue weighted by Crippen LogP contribution is -2.19. The zero-order valence-electron chi connectivity index (χ0n) is 12.7. The first-order valence-corrected chi connectivity index (χ1v) is 8.14. The Morgan fingerprint density at radius 2 is 1.81 bits per heavy atom. The van der Waals surface area contributed by atoms with Crippen LogP contribution in [0.1, 0.15) is 42.1 Å². The van der Waals surface area contributed by atoms with Crippen LogP contribution in [0, 0.1) is 5.82 Å². The van der Waals surface area contributed by atoms with E-state index in [1.54, 1.807) is 6.07 Å². The van der Waals surface area contributed by atoms with Gasteiger partial charge >= 0.3 is 0 Å². The second-order valence-electron chi connectivity index (χ2n) is 5.10. The van der Waals surface area contributed by atoms with E-state index in [-0.39, 0.29) is 11.9 Å². The molecule has 1 unspecified atom stereocenters. The van der Waals surface area contributed by atoms with Crippen LogP contribution in [-0.4, -0.2) is 7.05 Å². The Balaban J connectivity index is 2.49. The second kappa shape index (κ2) is 7.19. The van der Waals surface area contributed by atoms with Gasteiger partial charge in [0.15, 0.2) is 0 Å². The number of hydrogen-bond donors (Lipinski definition) is 1. The minimum absolute atomic E-state index is 0.0220. The zero-order chi connectivity index (χ0) is 15.4. The fourth-order valence-electron chi connectivity index (χ4n) is 2.74. The minimum Gasteiger partial charge on any atom is -0.309 e. The lowest BCUT2D eigenvalue weighted by molar-refractivity contribution is 0.608. The number of nitrogens with one attached hydrogen (secondary N) is 1. The number of rotatable bonds is 5. The summed E-state index contributed by atoms with van der Waals surface area (Å²) < 4.78 is 14.3. The maximum atomic E-state index is 13.8. The Bertz CT molecular complexity index is 625. The van der Waals surface area contributed by atoms with Gasteiger partial charge < -0.3 is 5.32 Å². The largest absolute Gasteiger partial charge is 0.309 e. The molecule has 0 aliphatic heterocycles. The molecule has 2 aromatic rings. The van der Waals surface area contributed by atoms with E-state index in [2.05, 4.69) is 53.3 Å². The van der Waals surface area contributed by atoms with Crippen molar-refractivity contribution >= 4 is 15.9 Å². The SMILES string of the molecule is CCc1ccc(C(NC)c2cccc(F)c2Br)cc1CC. The average molecular weight is 350 g/mol. The molecule has 0 fully saturated rings. The van der Waals surface area contributed by atoms with Crippen LogP contribution in [0.2, 0.25) is 0 Å². The summed E-state index contributed by atoms with van der Waals surface area (Å²) in [6, 6.07) is 11.7. The minimum atomic E-state index is -0.228. The van der Waals surface area contributed by atoms with E-state index in [0.717, 1.165) is 24.0 Å². The van der Waals surface area contributed by atoms with Gasteiger partial charge in [-0.25, -0.2) is 4.39 Å². The lowest BCUT2D eigenvalue weighted by Gasteiger charge is -2.20. The number of halogens is 2. The third-order valence-corrected chi connectivity index (χ3v) is 4.74. The first-order chi connectivity index (χ1) is 10.1. The standard InChI is InChI=1S/C18H21BrFN/c1-4-12-9-10-14(11-13(12)5-2)18(21-3)15-7-6-8-16(20)17(15)19/h6-11,18,21H,4-5H2,1-3H3. The molecule has 0 heterocycles. The molecule has 1 N–H and O–H groups in total. The maximum Gasteiger partial charge on any atom is 0.137 e. The van der Waals surface area contributed by atoms with Crippen molar-refractivity contribution in [1.29, 1.82) is 0 Å². The first-order valence-electron chi connectivity index (χ1n) is 7.35. The van der Waals surface area contributed by atoms with E-state index in [9.17, 15) is 4.39 Å². The van der Waals surface area contributed by atoms with Crippen molar-refractivity contribution in [2.24, 2.45) is 0 Å². The van der Waals surface area contributed by atoms with Crippen molar-refractivity contribution in [3.63, 3.8) is 0 Å². The molecule has 1 nitrogen and oxygen atoms in total. The van der Waals surface area contributed by atoms with Crippen LogP contribution in [0.5, 0.6) is 0 Å². The maximum absolute atomic E-state index is 13.8. The molecule has 0 bridgehead atoms. The molecular weight excluding hydrogens is 329 g/mol. The van der Waals surface area contributed by atoms with Gasteiger partial charge in [-0.15, -0.1) is 0 Å². The molecule has 0 aliphatic rings. The molecule has 0 radical (unpaired) electrons. The van der Waals surface area contributed by atoms with E-state index in [1.165, 1.54) is 17.2 Å². The van der Waals surface area contributed by atoms with Gasteiger partial charge in [0, 0.05) is 0 Å². The van der Waals surface area contributed by atoms with Gasteiger partial charge in [0.05, 0.1) is 10.5 Å². The van der Waals surface area contributed by atoms with Crippen molar-refractivity contribution < 1.29 is 4.39 Å². The molecule has 112 valence electrons. The Labute approximate surface area is 134 Å². The zero-order valence-corrected chi connectivity index (χ0v) is 14.3. The lowest BCUT2D eigenvalue weighted by atomic mass is 9.93. The Kier molecular flexibility index (Phi) is 5.54. The molecule has 0 amide bonds. The fraction of sp³-hybridized carbons (Fsp3) is 0.333. The van der Waals surface area contributed by atoms with Crippen LogP contribution in [-0.2, 0) is 12.8 Å². The van der Waals surface area contributed by atoms with E-state index >= 15 is 0 Å². The summed E-state index contributed by atoms with van der Waals surface area (Å²) in [5, 5.41) is 3.29. The summed E-state index contributed by atoms with van der Waals surface area (Å²) in [5.41, 5.74) is 4.83. The highest BCUT2D eigenvalue weighted by Gasteiger charge is 2.17. The molecule has 0 aromatic heterocycles. The van der Waals surface area contributed by atoms with Crippen molar-refractivity contribution in [3.8, 4) is 0 Å². The van der Waals surface area contributed by atoms with Crippen molar-refractivity contribution in [1.82, 2.24) is 5.32 Å². The summed E-state index contributed by atoms with van der Waals surface area (Å²) in [5.74, 6) is -0.228. The van der Waals surface area contributed by atoms with Gasteiger partial charge in [-0.2, -0.15) is 0 Å². The van der Waals surface area contributed by atoms with Crippen molar-refractivity contribution in [2.75, 3.05) is 7.05 Å². The van der Waals surface area contributed by atoms with Gasteiger partial charge in [0.25, 0.3) is 0 Å². The number of benzene rings is 2. The summed E-state index contributed by atoms with van der Waals surface area (Å²) in [4.78, 5) is 0. The highest BCUT2D eigenvalue weighted by molar-refractivity contribution is 9.10. The molecule has 0 saturated heterocycles. The number of aryl methyl sites for hydroxylation is 2. The fourth-order valence-corrected chi connectivity index (χ4v) is 3.24. The summed E-state index contributed by atoms with van der Waals surface area (Å²) in [6.45, 7) is 4.34. The molecule has 1 atom stereocenters. The Hall–Kier alpha value is -1.19. The van der Waals surface area contributed by atoms with E-state index in [1.807, 2.05) is 13.1 Å². The first kappa shape index (κ1) is 16.2. The average Bonchev–Trinajstić information content (AvgIpc) is 2.51. The van der Waals surface area contributed by atoms with Crippen LogP contribution >= 0.6 is 15.9 Å². The molecule has 0 saturated carbocycles. The van der Waals surface area contributed by atoms with Crippen LogP contribution < -0.4 is 5.32 Å². The molecule has 0 aliphatic carbocycles.